The standard InChI is InChI=1S/C20H21NO/c1-14(2)13-21-18-12-20(16-7-5-4-6-8-16)22-19-10-9-15(3)11-17(18)19/h4-12,14H,13H2,1-3H3. The number of fused-ring (bicyclic) bond motifs is 1. The van der Waals surface area contributed by atoms with Gasteiger partial charge in [-0.1, -0.05) is 55.8 Å². The van der Waals surface area contributed by atoms with E-state index in [1.807, 2.05) is 24.3 Å². The van der Waals surface area contributed by atoms with Gasteiger partial charge in [-0.15, -0.1) is 0 Å². The normalized spacial score (nSPS) is 12.3. The molecule has 0 bridgehead atoms. The van der Waals surface area contributed by atoms with Gasteiger partial charge in [-0.3, -0.25) is 4.99 Å². The molecule has 0 aliphatic rings. The van der Waals surface area contributed by atoms with Gasteiger partial charge in [0.1, 0.15) is 11.3 Å². The zero-order chi connectivity index (χ0) is 15.5. The molecule has 0 unspecified atom stereocenters. The lowest BCUT2D eigenvalue weighted by atomic mass is 10.1. The summed E-state index contributed by atoms with van der Waals surface area (Å²) in [6.07, 6.45) is 0. The van der Waals surface area contributed by atoms with Crippen molar-refractivity contribution in [2.45, 2.75) is 20.8 Å². The third-order valence-corrected chi connectivity index (χ3v) is 3.58. The van der Waals surface area contributed by atoms with E-state index >= 15 is 0 Å². The molecule has 0 spiro atoms. The predicted molar refractivity (Wildman–Crippen MR) is 91.7 cm³/mol. The molecule has 2 heteroatoms. The van der Waals surface area contributed by atoms with Crippen LogP contribution in [0, 0.1) is 12.8 Å². The van der Waals surface area contributed by atoms with Gasteiger partial charge >= 0.3 is 0 Å². The molecular formula is C20H21NO. The summed E-state index contributed by atoms with van der Waals surface area (Å²) in [6.45, 7) is 7.28. The molecule has 3 rings (SSSR count). The van der Waals surface area contributed by atoms with Crippen molar-refractivity contribution in [3.63, 3.8) is 0 Å². The van der Waals surface area contributed by atoms with E-state index in [1.165, 1.54) is 5.56 Å². The summed E-state index contributed by atoms with van der Waals surface area (Å²) < 4.78 is 6.09. The second-order valence-corrected chi connectivity index (χ2v) is 6.10. The van der Waals surface area contributed by atoms with Gasteiger partial charge < -0.3 is 4.42 Å². The smallest absolute Gasteiger partial charge is 0.136 e. The molecule has 2 aromatic carbocycles. The minimum Gasteiger partial charge on any atom is -0.456 e. The highest BCUT2D eigenvalue weighted by Gasteiger charge is 2.06. The molecule has 1 heterocycles. The van der Waals surface area contributed by atoms with Crippen molar-refractivity contribution in [1.29, 1.82) is 0 Å². The highest BCUT2D eigenvalue weighted by molar-refractivity contribution is 5.79. The van der Waals surface area contributed by atoms with Gasteiger partial charge in [-0.25, -0.2) is 0 Å². The van der Waals surface area contributed by atoms with Crippen molar-refractivity contribution >= 4 is 11.0 Å². The Balaban J connectivity index is 2.25. The van der Waals surface area contributed by atoms with Gasteiger partial charge in [0.2, 0.25) is 0 Å². The van der Waals surface area contributed by atoms with Crippen LogP contribution in [0.2, 0.25) is 0 Å². The molecule has 0 aliphatic heterocycles. The van der Waals surface area contributed by atoms with Crippen molar-refractivity contribution < 1.29 is 4.42 Å². The summed E-state index contributed by atoms with van der Waals surface area (Å²) in [5, 5.41) is 2.10. The van der Waals surface area contributed by atoms with Crippen LogP contribution in [0.1, 0.15) is 19.4 Å². The minimum absolute atomic E-state index is 0.539. The van der Waals surface area contributed by atoms with Crippen LogP contribution in [0.15, 0.2) is 64.0 Å². The molecule has 0 amide bonds. The molecule has 22 heavy (non-hydrogen) atoms. The zero-order valence-electron chi connectivity index (χ0n) is 13.3. The van der Waals surface area contributed by atoms with Gasteiger partial charge in [-0.05, 0) is 25.0 Å². The fourth-order valence-electron chi connectivity index (χ4n) is 2.44. The summed E-state index contributed by atoms with van der Waals surface area (Å²) in [5.41, 5.74) is 3.18. The number of aryl methyl sites for hydroxylation is 1. The lowest BCUT2D eigenvalue weighted by Crippen LogP contribution is -2.07. The van der Waals surface area contributed by atoms with Crippen LogP contribution in [0.25, 0.3) is 22.3 Å². The molecule has 0 radical (unpaired) electrons. The predicted octanol–water partition coefficient (Wildman–Crippen LogP) is 4.96. The Morgan fingerprint density at radius 2 is 1.77 bits per heavy atom. The van der Waals surface area contributed by atoms with E-state index in [-0.39, 0.29) is 0 Å². The average Bonchev–Trinajstić information content (AvgIpc) is 2.53. The van der Waals surface area contributed by atoms with Crippen molar-refractivity contribution in [3.8, 4) is 11.3 Å². The highest BCUT2D eigenvalue weighted by atomic mass is 16.3. The van der Waals surface area contributed by atoms with Crippen molar-refractivity contribution in [3.05, 3.63) is 65.5 Å². The molecule has 112 valence electrons. The SMILES string of the molecule is Cc1ccc2oc(-c3ccccc3)cc(=NCC(C)C)c2c1. The second-order valence-electron chi connectivity index (χ2n) is 6.10. The topological polar surface area (TPSA) is 25.5 Å². The Bertz CT molecular complexity index is 844. The maximum Gasteiger partial charge on any atom is 0.136 e. The van der Waals surface area contributed by atoms with Gasteiger partial charge in [0.05, 0.1) is 5.36 Å². The first-order valence-electron chi connectivity index (χ1n) is 7.74. The van der Waals surface area contributed by atoms with Crippen LogP contribution in [0.3, 0.4) is 0 Å². The number of nitrogens with zero attached hydrogens (tertiary/aromatic N) is 1. The minimum atomic E-state index is 0.539. The highest BCUT2D eigenvalue weighted by Crippen LogP contribution is 2.22. The van der Waals surface area contributed by atoms with E-state index < -0.39 is 0 Å². The van der Waals surface area contributed by atoms with Crippen LogP contribution in [-0.2, 0) is 0 Å². The molecular weight excluding hydrogens is 270 g/mol. The van der Waals surface area contributed by atoms with E-state index in [0.29, 0.717) is 5.92 Å². The fraction of sp³-hybridized carbons (Fsp3) is 0.250. The van der Waals surface area contributed by atoms with E-state index in [1.54, 1.807) is 0 Å². The first-order valence-corrected chi connectivity index (χ1v) is 7.74. The van der Waals surface area contributed by atoms with E-state index in [4.69, 9.17) is 9.41 Å². The van der Waals surface area contributed by atoms with Crippen LogP contribution in [0.5, 0.6) is 0 Å². The summed E-state index contributed by atoms with van der Waals surface area (Å²) in [4.78, 5) is 4.80. The van der Waals surface area contributed by atoms with E-state index in [0.717, 1.165) is 34.2 Å². The van der Waals surface area contributed by atoms with Gasteiger partial charge in [-0.2, -0.15) is 0 Å². The monoisotopic (exact) mass is 291 g/mol. The summed E-state index contributed by atoms with van der Waals surface area (Å²) >= 11 is 0. The molecule has 2 nitrogen and oxygen atoms in total. The summed E-state index contributed by atoms with van der Waals surface area (Å²) in [6, 6.07) is 18.5. The lowest BCUT2D eigenvalue weighted by molar-refractivity contribution is 0.615. The Morgan fingerprint density at radius 3 is 2.50 bits per heavy atom. The number of benzene rings is 2. The fourth-order valence-corrected chi connectivity index (χ4v) is 2.44. The third-order valence-electron chi connectivity index (χ3n) is 3.58. The van der Waals surface area contributed by atoms with Crippen LogP contribution in [0.4, 0.5) is 0 Å². The molecule has 0 N–H and O–H groups in total. The third kappa shape index (κ3) is 3.11. The molecule has 0 atom stereocenters. The first-order chi connectivity index (χ1) is 10.6. The molecule has 1 aromatic heterocycles. The largest absolute Gasteiger partial charge is 0.456 e. The Labute approximate surface area is 131 Å². The molecule has 3 aromatic rings. The Kier molecular flexibility index (Phi) is 4.10. The molecule has 0 aliphatic carbocycles. The van der Waals surface area contributed by atoms with Crippen LogP contribution in [-0.4, -0.2) is 6.54 Å². The van der Waals surface area contributed by atoms with Gasteiger partial charge in [0.25, 0.3) is 0 Å². The van der Waals surface area contributed by atoms with Gasteiger partial charge in [0, 0.05) is 23.6 Å². The first kappa shape index (κ1) is 14.6. The summed E-state index contributed by atoms with van der Waals surface area (Å²) in [7, 11) is 0. The van der Waals surface area contributed by atoms with Crippen LogP contribution >= 0.6 is 0 Å². The van der Waals surface area contributed by atoms with Crippen molar-refractivity contribution in [1.82, 2.24) is 0 Å². The van der Waals surface area contributed by atoms with Crippen molar-refractivity contribution in [2.24, 2.45) is 10.9 Å². The van der Waals surface area contributed by atoms with Gasteiger partial charge in [0.15, 0.2) is 0 Å². The Morgan fingerprint density at radius 1 is 1.00 bits per heavy atom. The molecule has 0 saturated carbocycles. The van der Waals surface area contributed by atoms with Crippen molar-refractivity contribution in [2.75, 3.05) is 6.54 Å². The number of rotatable bonds is 3. The molecule has 0 fully saturated rings. The van der Waals surface area contributed by atoms with E-state index in [2.05, 4.69) is 51.1 Å². The maximum atomic E-state index is 6.09. The number of hydrogen-bond donors (Lipinski definition) is 0. The second kappa shape index (κ2) is 6.18. The maximum absolute atomic E-state index is 6.09. The lowest BCUT2D eigenvalue weighted by Gasteiger charge is -2.06. The van der Waals surface area contributed by atoms with Crippen LogP contribution < -0.4 is 5.36 Å². The number of hydrogen-bond acceptors (Lipinski definition) is 2. The average molecular weight is 291 g/mol. The zero-order valence-corrected chi connectivity index (χ0v) is 13.3. The summed E-state index contributed by atoms with van der Waals surface area (Å²) in [5.74, 6) is 1.40. The van der Waals surface area contributed by atoms with E-state index in [9.17, 15) is 0 Å². The Hall–Kier alpha value is -2.35. The quantitative estimate of drug-likeness (QED) is 0.669. The molecule has 0 saturated heterocycles.